The van der Waals surface area contributed by atoms with Crippen molar-refractivity contribution >= 4 is 23.5 Å². The molecule has 0 aromatic carbocycles. The first-order valence-corrected chi connectivity index (χ1v) is 8.23. The second-order valence-electron chi connectivity index (χ2n) is 4.86. The summed E-state index contributed by atoms with van der Waals surface area (Å²) in [7, 11) is 2.11. The highest BCUT2D eigenvalue weighted by Crippen LogP contribution is 2.39. The lowest BCUT2D eigenvalue weighted by Gasteiger charge is -2.37. The fourth-order valence-corrected chi connectivity index (χ4v) is 5.81. The Morgan fingerprint density at radius 3 is 2.69 bits per heavy atom. The molecular weight excluding hydrogens is 238 g/mol. The van der Waals surface area contributed by atoms with Crippen molar-refractivity contribution in [3.8, 4) is 0 Å². The van der Waals surface area contributed by atoms with Gasteiger partial charge in [0, 0.05) is 40.1 Å². The molecule has 2 aliphatic heterocycles. The van der Waals surface area contributed by atoms with Crippen molar-refractivity contribution < 1.29 is 4.74 Å². The molecule has 0 bridgehead atoms. The van der Waals surface area contributed by atoms with Gasteiger partial charge in [-0.1, -0.05) is 13.8 Å². The van der Waals surface area contributed by atoms with Gasteiger partial charge in [0.25, 0.3) is 0 Å². The number of hydrogen-bond donors (Lipinski definition) is 1. The Bertz CT molecular complexity index is 221. The number of rotatable bonds is 3. The van der Waals surface area contributed by atoms with Crippen LogP contribution in [0.4, 0.5) is 0 Å². The smallest absolute Gasteiger partial charge is 0.0510 e. The van der Waals surface area contributed by atoms with Crippen LogP contribution in [0.2, 0.25) is 0 Å². The summed E-state index contributed by atoms with van der Waals surface area (Å²) in [4.78, 5) is 0. The third-order valence-electron chi connectivity index (χ3n) is 3.78. The average molecular weight is 261 g/mol. The fraction of sp³-hybridized carbons (Fsp3) is 1.00. The molecule has 0 aliphatic carbocycles. The third-order valence-corrected chi connectivity index (χ3v) is 7.30. The molecule has 2 saturated heterocycles. The first-order chi connectivity index (χ1) is 7.72. The second-order valence-corrected chi connectivity index (χ2v) is 7.89. The molecule has 5 unspecified atom stereocenters. The van der Waals surface area contributed by atoms with E-state index in [0.29, 0.717) is 6.04 Å². The van der Waals surface area contributed by atoms with Crippen LogP contribution in [0.3, 0.4) is 0 Å². The number of nitrogens with one attached hydrogen (secondary N) is 1. The van der Waals surface area contributed by atoms with Crippen molar-refractivity contribution in [1.29, 1.82) is 0 Å². The normalized spacial score (nSPS) is 42.2. The standard InChI is InChI=1S/C12H23NOS2/c1-8-9(2)16-11(7-15-8)12(13-3)10-4-5-14-6-10/h8-13H,4-7H2,1-3H3. The molecule has 0 aromatic rings. The van der Waals surface area contributed by atoms with E-state index in [0.717, 1.165) is 34.9 Å². The number of thioether (sulfide) groups is 2. The molecule has 5 atom stereocenters. The lowest BCUT2D eigenvalue weighted by molar-refractivity contribution is 0.177. The summed E-state index contributed by atoms with van der Waals surface area (Å²) in [5.74, 6) is 2.02. The van der Waals surface area contributed by atoms with Gasteiger partial charge in [0.15, 0.2) is 0 Å². The van der Waals surface area contributed by atoms with Crippen molar-refractivity contribution in [2.45, 2.75) is 42.1 Å². The maximum absolute atomic E-state index is 5.52. The summed E-state index contributed by atoms with van der Waals surface area (Å²) in [5, 5.41) is 5.88. The molecule has 2 fully saturated rings. The van der Waals surface area contributed by atoms with Gasteiger partial charge in [-0.25, -0.2) is 0 Å². The SMILES string of the molecule is CNC(C1CCOC1)C1CSC(C)C(C)S1. The molecule has 0 radical (unpaired) electrons. The second kappa shape index (κ2) is 5.98. The van der Waals surface area contributed by atoms with E-state index in [4.69, 9.17) is 4.74 Å². The summed E-state index contributed by atoms with van der Waals surface area (Å²) in [6.07, 6.45) is 1.23. The molecule has 2 aliphatic rings. The number of hydrogen-bond acceptors (Lipinski definition) is 4. The van der Waals surface area contributed by atoms with Crippen LogP contribution in [0.15, 0.2) is 0 Å². The first kappa shape index (κ1) is 13.1. The van der Waals surface area contributed by atoms with Gasteiger partial charge in [0.1, 0.15) is 0 Å². The quantitative estimate of drug-likeness (QED) is 0.841. The van der Waals surface area contributed by atoms with Gasteiger partial charge < -0.3 is 10.1 Å². The Kier molecular flexibility index (Phi) is 4.89. The predicted molar refractivity (Wildman–Crippen MR) is 74.5 cm³/mol. The Labute approximate surface area is 108 Å². The first-order valence-electron chi connectivity index (χ1n) is 6.24. The van der Waals surface area contributed by atoms with Crippen LogP contribution >= 0.6 is 23.5 Å². The summed E-state index contributed by atoms with van der Waals surface area (Å²) in [5.41, 5.74) is 0. The molecule has 2 heterocycles. The van der Waals surface area contributed by atoms with Gasteiger partial charge in [-0.05, 0) is 13.5 Å². The minimum Gasteiger partial charge on any atom is -0.381 e. The monoisotopic (exact) mass is 261 g/mol. The Morgan fingerprint density at radius 1 is 1.31 bits per heavy atom. The molecule has 94 valence electrons. The van der Waals surface area contributed by atoms with Crippen molar-refractivity contribution in [3.05, 3.63) is 0 Å². The number of ether oxygens (including phenoxy) is 1. The summed E-state index contributed by atoms with van der Waals surface area (Å²) in [6.45, 7) is 6.63. The average Bonchev–Trinajstić information content (AvgIpc) is 2.78. The van der Waals surface area contributed by atoms with E-state index < -0.39 is 0 Å². The van der Waals surface area contributed by atoms with Crippen molar-refractivity contribution in [3.63, 3.8) is 0 Å². The van der Waals surface area contributed by atoms with E-state index >= 15 is 0 Å². The minimum absolute atomic E-state index is 0.634. The van der Waals surface area contributed by atoms with Gasteiger partial charge >= 0.3 is 0 Å². The molecule has 4 heteroatoms. The van der Waals surface area contributed by atoms with E-state index in [1.54, 1.807) is 0 Å². The van der Waals surface area contributed by atoms with Gasteiger partial charge in [0.2, 0.25) is 0 Å². The molecule has 16 heavy (non-hydrogen) atoms. The lowest BCUT2D eigenvalue weighted by Crippen LogP contribution is -2.46. The van der Waals surface area contributed by atoms with E-state index in [1.807, 2.05) is 0 Å². The van der Waals surface area contributed by atoms with Crippen LogP contribution in [0.1, 0.15) is 20.3 Å². The molecule has 0 spiro atoms. The van der Waals surface area contributed by atoms with E-state index in [2.05, 4.69) is 49.7 Å². The Morgan fingerprint density at radius 2 is 2.12 bits per heavy atom. The molecule has 0 aromatic heterocycles. The van der Waals surface area contributed by atoms with Gasteiger partial charge in [-0.3, -0.25) is 0 Å². The molecule has 1 N–H and O–H groups in total. The van der Waals surface area contributed by atoms with Crippen molar-refractivity contribution in [2.24, 2.45) is 5.92 Å². The Balaban J connectivity index is 1.93. The van der Waals surface area contributed by atoms with Crippen LogP contribution in [-0.2, 0) is 4.74 Å². The van der Waals surface area contributed by atoms with Crippen molar-refractivity contribution in [1.82, 2.24) is 5.32 Å². The molecule has 2 rings (SSSR count). The largest absolute Gasteiger partial charge is 0.381 e. The molecule has 0 amide bonds. The highest BCUT2D eigenvalue weighted by atomic mass is 32.2. The summed E-state index contributed by atoms with van der Waals surface area (Å²) in [6, 6.07) is 0.634. The Hall–Kier alpha value is 0.620. The maximum atomic E-state index is 5.52. The van der Waals surface area contributed by atoms with Gasteiger partial charge in [-0.15, -0.1) is 0 Å². The van der Waals surface area contributed by atoms with E-state index in [-0.39, 0.29) is 0 Å². The summed E-state index contributed by atoms with van der Waals surface area (Å²) >= 11 is 4.31. The van der Waals surface area contributed by atoms with Crippen LogP contribution in [0.5, 0.6) is 0 Å². The fourth-order valence-electron chi connectivity index (χ4n) is 2.56. The van der Waals surface area contributed by atoms with E-state index in [9.17, 15) is 0 Å². The molecular formula is C12H23NOS2. The summed E-state index contributed by atoms with van der Waals surface area (Å²) < 4.78 is 5.52. The highest BCUT2D eigenvalue weighted by molar-refractivity contribution is 8.07. The predicted octanol–water partition coefficient (Wildman–Crippen LogP) is 2.24. The van der Waals surface area contributed by atoms with Crippen molar-refractivity contribution in [2.75, 3.05) is 26.0 Å². The van der Waals surface area contributed by atoms with Crippen LogP contribution in [0.25, 0.3) is 0 Å². The maximum Gasteiger partial charge on any atom is 0.0510 e. The minimum atomic E-state index is 0.634. The topological polar surface area (TPSA) is 21.3 Å². The van der Waals surface area contributed by atoms with Crippen LogP contribution < -0.4 is 5.32 Å². The molecule has 0 saturated carbocycles. The zero-order valence-electron chi connectivity index (χ0n) is 10.4. The lowest BCUT2D eigenvalue weighted by atomic mass is 9.97. The zero-order chi connectivity index (χ0) is 11.5. The molecule has 2 nitrogen and oxygen atoms in total. The van der Waals surface area contributed by atoms with Gasteiger partial charge in [0.05, 0.1) is 6.61 Å². The van der Waals surface area contributed by atoms with Gasteiger partial charge in [-0.2, -0.15) is 23.5 Å². The van der Waals surface area contributed by atoms with Crippen LogP contribution in [0, 0.1) is 5.92 Å². The third kappa shape index (κ3) is 2.89. The zero-order valence-corrected chi connectivity index (χ0v) is 12.1. The van der Waals surface area contributed by atoms with E-state index in [1.165, 1.54) is 12.2 Å². The van der Waals surface area contributed by atoms with Crippen LogP contribution in [-0.4, -0.2) is 47.8 Å². The highest BCUT2D eigenvalue weighted by Gasteiger charge is 2.35.